The lowest BCUT2D eigenvalue weighted by molar-refractivity contribution is -0.155. The number of nitrogens with two attached hydrogens (primary N) is 2. The molecular formula is C48H50N8O12. The Hall–Kier alpha value is -8.68. The number of carbonyl (C=O) groups is 8. The topological polar surface area (TPSA) is 299 Å². The van der Waals surface area contributed by atoms with E-state index in [2.05, 4.69) is 31.2 Å². The number of nitrogens with one attached hydrogen (secondary N) is 4. The van der Waals surface area contributed by atoms with Gasteiger partial charge in [0.1, 0.15) is 38.5 Å². The van der Waals surface area contributed by atoms with Gasteiger partial charge in [-0.25, -0.2) is 19.6 Å². The van der Waals surface area contributed by atoms with Crippen molar-refractivity contribution in [3.63, 3.8) is 0 Å². The van der Waals surface area contributed by atoms with Crippen molar-refractivity contribution < 1.29 is 57.3 Å². The fourth-order valence-electron chi connectivity index (χ4n) is 6.05. The number of hydrogen-bond donors (Lipinski definition) is 6. The molecule has 8 N–H and O–H groups in total. The second-order valence-electron chi connectivity index (χ2n) is 14.8. The number of aromatic nitrogens is 2. The highest BCUT2D eigenvalue weighted by atomic mass is 16.5. The van der Waals surface area contributed by atoms with Gasteiger partial charge >= 0.3 is 23.9 Å². The van der Waals surface area contributed by atoms with Gasteiger partial charge in [-0.2, -0.15) is 0 Å². The molecule has 20 nitrogen and oxygen atoms in total. The third-order valence-electron chi connectivity index (χ3n) is 9.57. The Morgan fingerprint density at radius 1 is 0.441 bits per heavy atom. The van der Waals surface area contributed by atoms with Gasteiger partial charge in [-0.1, -0.05) is 121 Å². The summed E-state index contributed by atoms with van der Waals surface area (Å²) in [6, 6.07) is 32.5. The molecule has 5 rings (SSSR count). The van der Waals surface area contributed by atoms with E-state index in [9.17, 15) is 38.4 Å². The van der Waals surface area contributed by atoms with Crippen molar-refractivity contribution in [3.8, 4) is 0 Å². The molecule has 68 heavy (non-hydrogen) atoms. The highest BCUT2D eigenvalue weighted by Crippen LogP contribution is 2.14. The lowest BCUT2D eigenvalue weighted by Crippen LogP contribution is -2.44. The van der Waals surface area contributed by atoms with E-state index in [1.165, 1.54) is 0 Å². The lowest BCUT2D eigenvalue weighted by Gasteiger charge is -2.18. The van der Waals surface area contributed by atoms with Crippen LogP contribution in [0.25, 0.3) is 0 Å². The molecule has 5 aromatic rings. The zero-order valence-electron chi connectivity index (χ0n) is 36.7. The maximum absolute atomic E-state index is 13.0. The smallest absolute Gasteiger partial charge is 0.329 e. The summed E-state index contributed by atoms with van der Waals surface area (Å²) in [6.07, 6.45) is -1.79. The Bertz CT molecular complexity index is 2340. The van der Waals surface area contributed by atoms with E-state index < -0.39 is 95.5 Å². The van der Waals surface area contributed by atoms with Crippen molar-refractivity contribution >= 4 is 59.1 Å². The van der Waals surface area contributed by atoms with Gasteiger partial charge in [0.05, 0.1) is 12.8 Å². The van der Waals surface area contributed by atoms with E-state index in [4.69, 9.17) is 30.4 Å². The third kappa shape index (κ3) is 17.0. The predicted octanol–water partition coefficient (Wildman–Crippen LogP) is 2.60. The van der Waals surface area contributed by atoms with Crippen molar-refractivity contribution in [2.75, 3.05) is 24.6 Å². The van der Waals surface area contributed by atoms with Crippen LogP contribution in [0.3, 0.4) is 0 Å². The van der Waals surface area contributed by atoms with Crippen molar-refractivity contribution in [2.45, 2.75) is 64.2 Å². The Labute approximate surface area is 390 Å². The van der Waals surface area contributed by atoms with Gasteiger partial charge in [0.2, 0.25) is 11.8 Å². The van der Waals surface area contributed by atoms with Crippen LogP contribution >= 0.6 is 0 Å². The number of carbonyl (C=O) groups excluding carboxylic acids is 8. The van der Waals surface area contributed by atoms with Crippen molar-refractivity contribution in [3.05, 3.63) is 155 Å². The van der Waals surface area contributed by atoms with Gasteiger partial charge in [-0.05, 0) is 22.3 Å². The number of anilines is 2. The summed E-state index contributed by atoms with van der Waals surface area (Å²) in [6.45, 7) is -0.916. The van der Waals surface area contributed by atoms with Crippen molar-refractivity contribution in [1.82, 2.24) is 31.2 Å². The van der Waals surface area contributed by atoms with E-state index in [0.29, 0.717) is 11.1 Å². The Balaban J connectivity index is 1.09. The first-order valence-corrected chi connectivity index (χ1v) is 21.2. The molecule has 0 unspecified atom stereocenters. The first-order valence-electron chi connectivity index (χ1n) is 21.2. The highest BCUT2D eigenvalue weighted by molar-refractivity contribution is 6.01. The summed E-state index contributed by atoms with van der Waals surface area (Å²) in [5, 5.41) is 9.78. The van der Waals surface area contributed by atoms with Gasteiger partial charge in [0.15, 0.2) is 23.0 Å². The molecule has 0 spiro atoms. The number of ether oxygens (including phenoxy) is 4. The summed E-state index contributed by atoms with van der Waals surface area (Å²) < 4.78 is 21.3. The molecular weight excluding hydrogens is 881 g/mol. The van der Waals surface area contributed by atoms with Crippen LogP contribution in [0.4, 0.5) is 11.6 Å². The Kier molecular flexibility index (Phi) is 19.5. The second-order valence-corrected chi connectivity index (χ2v) is 14.8. The van der Waals surface area contributed by atoms with Crippen LogP contribution in [0.1, 0.15) is 68.9 Å². The average molecular weight is 931 g/mol. The Morgan fingerprint density at radius 3 is 1.04 bits per heavy atom. The number of rotatable bonds is 24. The van der Waals surface area contributed by atoms with Gasteiger partial charge in [0.25, 0.3) is 11.8 Å². The average Bonchev–Trinajstić information content (AvgIpc) is 3.34. The SMILES string of the molecule is Nc1nc(C(=O)NCCC(=O)N[C@H](CC(=O)OCc2ccccc2)C(=O)OCc2ccccc2)c(N)nc1C(=O)NCCC(=O)N[C@H](CC(=O)OCc1ccccc1)C(=O)OCc1ccccc1. The van der Waals surface area contributed by atoms with Crippen molar-refractivity contribution in [1.29, 1.82) is 0 Å². The normalized spacial score (nSPS) is 11.4. The van der Waals surface area contributed by atoms with E-state index in [0.717, 1.165) is 11.1 Å². The minimum Gasteiger partial charge on any atom is -0.461 e. The molecule has 4 amide bonds. The summed E-state index contributed by atoms with van der Waals surface area (Å²) in [5.74, 6) is -7.52. The molecule has 4 aromatic carbocycles. The molecule has 0 radical (unpaired) electrons. The second kappa shape index (κ2) is 26.3. The molecule has 0 aliphatic heterocycles. The van der Waals surface area contributed by atoms with Crippen LogP contribution in [0.15, 0.2) is 121 Å². The summed E-state index contributed by atoms with van der Waals surface area (Å²) in [7, 11) is 0. The molecule has 1 aromatic heterocycles. The first kappa shape index (κ1) is 50.3. The van der Waals surface area contributed by atoms with Crippen LogP contribution in [-0.2, 0) is 74.1 Å². The molecule has 20 heteroatoms. The van der Waals surface area contributed by atoms with Gasteiger partial charge in [-0.15, -0.1) is 0 Å². The number of amides is 4. The monoisotopic (exact) mass is 930 g/mol. The fourth-order valence-corrected chi connectivity index (χ4v) is 6.05. The molecule has 354 valence electrons. The standard InChI is InChI=1S/C48H50N8O12/c49-43-41(45(61)51-23-21-37(57)53-35(47(63)67-29-33-17-9-3-10-18-33)25-39(59)65-27-31-13-5-1-6-14-31)55-44(50)42(56-43)46(62)52-24-22-38(58)54-36(48(64)68-30-34-19-11-4-12-20-34)26-40(60)66-28-32-15-7-2-8-16-32/h1-20,35-36H,21-30H2,(H2,50,55)(H2,49,56)(H,51,61)(H,52,62)(H,53,57)(H,54,58)/t35-,36-/m1/s1. The summed E-state index contributed by atoms with van der Waals surface area (Å²) >= 11 is 0. The maximum Gasteiger partial charge on any atom is 0.329 e. The van der Waals surface area contributed by atoms with E-state index in [1.54, 1.807) is 121 Å². The molecule has 0 saturated carbocycles. The molecule has 0 aliphatic carbocycles. The first-order chi connectivity index (χ1) is 32.8. The molecule has 0 saturated heterocycles. The maximum atomic E-state index is 13.0. The zero-order valence-corrected chi connectivity index (χ0v) is 36.7. The van der Waals surface area contributed by atoms with E-state index in [1.807, 2.05) is 0 Å². The van der Waals surface area contributed by atoms with Crippen molar-refractivity contribution in [2.24, 2.45) is 0 Å². The van der Waals surface area contributed by atoms with Crippen LogP contribution in [0.5, 0.6) is 0 Å². The number of hydrogen-bond acceptors (Lipinski definition) is 16. The fraction of sp³-hybridized carbons (Fsp3) is 0.250. The molecule has 0 bridgehead atoms. The molecule has 1 heterocycles. The third-order valence-corrected chi connectivity index (χ3v) is 9.57. The Morgan fingerprint density at radius 2 is 0.735 bits per heavy atom. The molecule has 2 atom stereocenters. The largest absolute Gasteiger partial charge is 0.461 e. The quantitative estimate of drug-likeness (QED) is 0.0383. The minimum atomic E-state index is -1.41. The van der Waals surface area contributed by atoms with Gasteiger partial charge in [0, 0.05) is 25.9 Å². The van der Waals surface area contributed by atoms with E-state index >= 15 is 0 Å². The lowest BCUT2D eigenvalue weighted by atomic mass is 10.2. The molecule has 0 fully saturated rings. The van der Waals surface area contributed by atoms with Crippen LogP contribution in [0.2, 0.25) is 0 Å². The van der Waals surface area contributed by atoms with Crippen LogP contribution in [-0.4, -0.2) is 82.6 Å². The number of benzene rings is 4. The highest BCUT2D eigenvalue weighted by Gasteiger charge is 2.28. The number of nitrogens with zero attached hydrogens (tertiary/aromatic N) is 2. The number of esters is 4. The van der Waals surface area contributed by atoms with Gasteiger partial charge in [-0.3, -0.25) is 28.8 Å². The minimum absolute atomic E-state index is 0.0535. The zero-order chi connectivity index (χ0) is 48.7. The number of nitrogen functional groups attached to an aromatic ring is 2. The van der Waals surface area contributed by atoms with Gasteiger partial charge < -0.3 is 51.7 Å². The predicted molar refractivity (Wildman–Crippen MR) is 243 cm³/mol. The van der Waals surface area contributed by atoms with Crippen LogP contribution in [0, 0.1) is 0 Å². The van der Waals surface area contributed by atoms with E-state index in [-0.39, 0.29) is 52.4 Å². The molecule has 0 aliphatic rings. The summed E-state index contributed by atoms with van der Waals surface area (Å²) in [5.41, 5.74) is 13.8. The van der Waals surface area contributed by atoms with Crippen LogP contribution < -0.4 is 32.7 Å². The summed E-state index contributed by atoms with van der Waals surface area (Å²) in [4.78, 5) is 111.